The summed E-state index contributed by atoms with van der Waals surface area (Å²) in [6.45, 7) is 9.12. The summed E-state index contributed by atoms with van der Waals surface area (Å²) in [5.74, 6) is 1.20. The van der Waals surface area contributed by atoms with E-state index in [1.807, 2.05) is 12.1 Å². The number of rotatable bonds is 7. The maximum Gasteiger partial charge on any atom is 0.251 e. The summed E-state index contributed by atoms with van der Waals surface area (Å²) < 4.78 is 11.7. The molecular formula is C22H30N2O3S. The lowest BCUT2D eigenvalue weighted by Gasteiger charge is -2.34. The third-order valence-corrected chi connectivity index (χ3v) is 6.15. The van der Waals surface area contributed by atoms with Gasteiger partial charge in [0.05, 0.1) is 13.7 Å². The van der Waals surface area contributed by atoms with Crippen molar-refractivity contribution in [3.63, 3.8) is 0 Å². The number of benzene rings is 1. The van der Waals surface area contributed by atoms with E-state index >= 15 is 0 Å². The number of carbonyl (C=O) groups excluding carboxylic acids is 1. The first-order chi connectivity index (χ1) is 13.5. The molecule has 3 rings (SSSR count). The third kappa shape index (κ3) is 5.26. The van der Waals surface area contributed by atoms with Crippen molar-refractivity contribution in [3.8, 4) is 11.5 Å². The van der Waals surface area contributed by atoms with Gasteiger partial charge in [-0.05, 0) is 63.9 Å². The van der Waals surface area contributed by atoms with E-state index in [1.54, 1.807) is 30.6 Å². The molecule has 1 aliphatic heterocycles. The van der Waals surface area contributed by atoms with Gasteiger partial charge in [0, 0.05) is 34.4 Å². The second-order valence-electron chi connectivity index (χ2n) is 7.51. The molecule has 0 atom stereocenters. The van der Waals surface area contributed by atoms with Crippen LogP contribution in [0, 0.1) is 6.92 Å². The topological polar surface area (TPSA) is 50.8 Å². The van der Waals surface area contributed by atoms with Gasteiger partial charge in [-0.25, -0.2) is 0 Å². The van der Waals surface area contributed by atoms with Crippen molar-refractivity contribution < 1.29 is 14.3 Å². The zero-order valence-corrected chi connectivity index (χ0v) is 18.0. The quantitative estimate of drug-likeness (QED) is 0.752. The zero-order valence-electron chi connectivity index (χ0n) is 17.2. The van der Waals surface area contributed by atoms with Crippen LogP contribution in [-0.4, -0.2) is 43.2 Å². The molecule has 1 aromatic carbocycles. The molecule has 1 aliphatic rings. The number of amides is 1. The maximum atomic E-state index is 12.6. The smallest absolute Gasteiger partial charge is 0.251 e. The fourth-order valence-electron chi connectivity index (χ4n) is 3.45. The molecule has 1 aromatic heterocycles. The largest absolute Gasteiger partial charge is 0.493 e. The van der Waals surface area contributed by atoms with E-state index in [2.05, 4.69) is 37.1 Å². The Balaban J connectivity index is 1.63. The third-order valence-electron chi connectivity index (χ3n) is 5.15. The van der Waals surface area contributed by atoms with Gasteiger partial charge in [0.15, 0.2) is 11.5 Å². The highest BCUT2D eigenvalue weighted by molar-refractivity contribution is 7.11. The van der Waals surface area contributed by atoms with E-state index in [9.17, 15) is 4.79 Å². The van der Waals surface area contributed by atoms with E-state index in [4.69, 9.17) is 9.47 Å². The number of piperidine rings is 1. The van der Waals surface area contributed by atoms with Crippen molar-refractivity contribution in [1.29, 1.82) is 0 Å². The van der Waals surface area contributed by atoms with Crippen LogP contribution in [0.3, 0.4) is 0 Å². The molecule has 2 aromatic rings. The predicted octanol–water partition coefficient (Wildman–Crippen LogP) is 4.25. The summed E-state index contributed by atoms with van der Waals surface area (Å²) in [7, 11) is 1.63. The minimum atomic E-state index is -0.104. The normalized spacial score (nSPS) is 15.6. The SMILES string of the molecule is COc1ccc(C(=O)NCc2ccc(C)s2)cc1OC1CCN(C(C)C)CC1. The summed E-state index contributed by atoms with van der Waals surface area (Å²) >= 11 is 1.70. The molecule has 0 saturated carbocycles. The number of methoxy groups -OCH3 is 1. The van der Waals surface area contributed by atoms with Crippen LogP contribution in [0.5, 0.6) is 11.5 Å². The number of carbonyl (C=O) groups is 1. The highest BCUT2D eigenvalue weighted by atomic mass is 32.1. The van der Waals surface area contributed by atoms with Gasteiger partial charge >= 0.3 is 0 Å². The molecule has 1 fully saturated rings. The number of hydrogen-bond acceptors (Lipinski definition) is 5. The number of nitrogens with zero attached hydrogens (tertiary/aromatic N) is 1. The number of nitrogens with one attached hydrogen (secondary N) is 1. The molecule has 0 bridgehead atoms. The average Bonchev–Trinajstić information content (AvgIpc) is 3.11. The maximum absolute atomic E-state index is 12.6. The minimum Gasteiger partial charge on any atom is -0.493 e. The summed E-state index contributed by atoms with van der Waals surface area (Å²) in [4.78, 5) is 17.4. The fraction of sp³-hybridized carbons (Fsp3) is 0.500. The Hall–Kier alpha value is -2.05. The summed E-state index contributed by atoms with van der Waals surface area (Å²) in [6, 6.07) is 10.1. The average molecular weight is 403 g/mol. The van der Waals surface area contributed by atoms with Crippen LogP contribution in [0.1, 0.15) is 46.8 Å². The van der Waals surface area contributed by atoms with Crippen LogP contribution in [0.2, 0.25) is 0 Å². The molecule has 0 aliphatic carbocycles. The molecule has 0 unspecified atom stereocenters. The van der Waals surface area contributed by atoms with Crippen molar-refractivity contribution in [2.75, 3.05) is 20.2 Å². The second-order valence-corrected chi connectivity index (χ2v) is 8.88. The first-order valence-electron chi connectivity index (χ1n) is 9.88. The standard InChI is InChI=1S/C22H30N2O3S/c1-15(2)24-11-9-18(10-12-24)27-21-13-17(6-8-20(21)26-4)22(25)23-14-19-7-5-16(3)28-19/h5-8,13,15,18H,9-12,14H2,1-4H3,(H,23,25). The highest BCUT2D eigenvalue weighted by Gasteiger charge is 2.23. The van der Waals surface area contributed by atoms with Gasteiger partial charge in [-0.15, -0.1) is 11.3 Å². The van der Waals surface area contributed by atoms with E-state index < -0.39 is 0 Å². The number of ether oxygens (including phenoxy) is 2. The van der Waals surface area contributed by atoms with Gasteiger partial charge in [-0.1, -0.05) is 0 Å². The van der Waals surface area contributed by atoms with E-state index in [0.717, 1.165) is 30.8 Å². The molecule has 6 heteroatoms. The Bertz CT molecular complexity index is 795. The Labute approximate surface area is 171 Å². The molecule has 1 N–H and O–H groups in total. The summed E-state index contributed by atoms with van der Waals surface area (Å²) in [5, 5.41) is 2.98. The van der Waals surface area contributed by atoms with Gasteiger partial charge in [-0.3, -0.25) is 4.79 Å². The lowest BCUT2D eigenvalue weighted by Crippen LogP contribution is -2.41. The van der Waals surface area contributed by atoms with Crippen LogP contribution < -0.4 is 14.8 Å². The molecule has 0 spiro atoms. The zero-order chi connectivity index (χ0) is 20.1. The van der Waals surface area contributed by atoms with Gasteiger partial charge in [0.25, 0.3) is 5.91 Å². The highest BCUT2D eigenvalue weighted by Crippen LogP contribution is 2.31. The van der Waals surface area contributed by atoms with Crippen molar-refractivity contribution in [1.82, 2.24) is 10.2 Å². The van der Waals surface area contributed by atoms with Crippen LogP contribution in [-0.2, 0) is 6.54 Å². The minimum absolute atomic E-state index is 0.104. The van der Waals surface area contributed by atoms with Crippen molar-refractivity contribution in [2.45, 2.75) is 52.3 Å². The van der Waals surface area contributed by atoms with Gasteiger partial charge in [0.2, 0.25) is 0 Å². The summed E-state index contributed by atoms with van der Waals surface area (Å²) in [6.07, 6.45) is 2.11. The Kier molecular flexibility index (Phi) is 6.97. The van der Waals surface area contributed by atoms with Gasteiger partial charge < -0.3 is 19.7 Å². The molecule has 1 saturated heterocycles. The molecule has 28 heavy (non-hydrogen) atoms. The van der Waals surface area contributed by atoms with Crippen molar-refractivity contribution >= 4 is 17.2 Å². The Morgan fingerprint density at radius 2 is 1.96 bits per heavy atom. The predicted molar refractivity (Wildman–Crippen MR) is 114 cm³/mol. The number of hydrogen-bond donors (Lipinski definition) is 1. The van der Waals surface area contributed by atoms with E-state index in [1.165, 1.54) is 4.88 Å². The number of likely N-dealkylation sites (tertiary alicyclic amines) is 1. The lowest BCUT2D eigenvalue weighted by molar-refractivity contribution is 0.0819. The molecule has 152 valence electrons. The molecular weight excluding hydrogens is 372 g/mol. The molecule has 2 heterocycles. The van der Waals surface area contributed by atoms with Crippen molar-refractivity contribution in [3.05, 3.63) is 45.6 Å². The van der Waals surface area contributed by atoms with Gasteiger partial charge in [-0.2, -0.15) is 0 Å². The van der Waals surface area contributed by atoms with Gasteiger partial charge in [0.1, 0.15) is 6.10 Å². The first kappa shape index (κ1) is 20.7. The van der Waals surface area contributed by atoms with Crippen LogP contribution in [0.4, 0.5) is 0 Å². The summed E-state index contributed by atoms with van der Waals surface area (Å²) in [5.41, 5.74) is 0.587. The van der Waals surface area contributed by atoms with E-state index in [0.29, 0.717) is 29.6 Å². The number of thiophene rings is 1. The molecule has 5 nitrogen and oxygen atoms in total. The Morgan fingerprint density at radius 1 is 1.21 bits per heavy atom. The first-order valence-corrected chi connectivity index (χ1v) is 10.7. The fourth-order valence-corrected chi connectivity index (χ4v) is 4.28. The second kappa shape index (κ2) is 9.43. The van der Waals surface area contributed by atoms with Crippen LogP contribution >= 0.6 is 11.3 Å². The van der Waals surface area contributed by atoms with Crippen LogP contribution in [0.25, 0.3) is 0 Å². The molecule has 1 amide bonds. The van der Waals surface area contributed by atoms with Crippen LogP contribution in [0.15, 0.2) is 30.3 Å². The number of aryl methyl sites for hydroxylation is 1. The van der Waals surface area contributed by atoms with Crippen molar-refractivity contribution in [2.24, 2.45) is 0 Å². The monoisotopic (exact) mass is 402 g/mol. The molecule has 0 radical (unpaired) electrons. The van der Waals surface area contributed by atoms with E-state index in [-0.39, 0.29) is 12.0 Å². The lowest BCUT2D eigenvalue weighted by atomic mass is 10.1. The Morgan fingerprint density at radius 3 is 2.57 bits per heavy atom.